The molecule has 0 saturated heterocycles. The standard InChI is InChI=1S/C21H14ClN5OS2/c1-12(28)9-15-10-13(7-8-24-15)18-17(23-2)19(20(30-18)21-25-11-26-27-21)29-16-5-3-14(22)4-6-16/h3-8,10-11H,9H2,1H3,(H,25,26,27). The highest BCUT2D eigenvalue weighted by Gasteiger charge is 2.23. The lowest BCUT2D eigenvalue weighted by Crippen LogP contribution is -1.98. The maximum Gasteiger partial charge on any atom is 0.219 e. The van der Waals surface area contributed by atoms with E-state index in [4.69, 9.17) is 18.2 Å². The molecule has 3 heterocycles. The number of nitrogens with one attached hydrogen (secondary N) is 1. The number of nitrogens with zero attached hydrogens (tertiary/aromatic N) is 4. The van der Waals surface area contributed by atoms with E-state index in [1.165, 1.54) is 36.3 Å². The molecule has 0 atom stereocenters. The summed E-state index contributed by atoms with van der Waals surface area (Å²) in [5.74, 6) is 0.642. The summed E-state index contributed by atoms with van der Waals surface area (Å²) < 4.78 is 0. The molecular formula is C21H14ClN5OS2. The van der Waals surface area contributed by atoms with E-state index in [-0.39, 0.29) is 12.2 Å². The lowest BCUT2D eigenvalue weighted by molar-refractivity contribution is -0.116. The number of ketones is 1. The maximum atomic E-state index is 11.5. The number of aromatic amines is 1. The molecule has 0 aliphatic heterocycles. The monoisotopic (exact) mass is 451 g/mol. The van der Waals surface area contributed by atoms with E-state index >= 15 is 0 Å². The number of hydrogen-bond acceptors (Lipinski definition) is 6. The van der Waals surface area contributed by atoms with Crippen LogP contribution in [0.3, 0.4) is 0 Å². The predicted octanol–water partition coefficient (Wildman–Crippen LogP) is 6.08. The third-order valence-electron chi connectivity index (χ3n) is 4.12. The van der Waals surface area contributed by atoms with Gasteiger partial charge in [0.2, 0.25) is 5.69 Å². The molecule has 0 unspecified atom stereocenters. The summed E-state index contributed by atoms with van der Waals surface area (Å²) in [5.41, 5.74) is 2.06. The second-order valence-electron chi connectivity index (χ2n) is 6.35. The molecule has 0 fully saturated rings. The first-order chi connectivity index (χ1) is 14.5. The zero-order chi connectivity index (χ0) is 21.1. The van der Waals surface area contributed by atoms with Crippen LogP contribution in [-0.2, 0) is 11.2 Å². The third kappa shape index (κ3) is 4.28. The molecule has 0 bridgehead atoms. The van der Waals surface area contributed by atoms with Gasteiger partial charge in [-0.2, -0.15) is 5.10 Å². The van der Waals surface area contributed by atoms with Crippen LogP contribution in [0.4, 0.5) is 5.69 Å². The molecule has 148 valence electrons. The number of H-pyrrole nitrogens is 1. The number of halogens is 1. The van der Waals surface area contributed by atoms with Crippen molar-refractivity contribution in [3.63, 3.8) is 0 Å². The first kappa shape index (κ1) is 20.3. The van der Waals surface area contributed by atoms with E-state index in [0.717, 1.165) is 25.1 Å². The van der Waals surface area contributed by atoms with E-state index in [9.17, 15) is 4.79 Å². The summed E-state index contributed by atoms with van der Waals surface area (Å²) in [5, 5.41) is 7.51. The van der Waals surface area contributed by atoms with Gasteiger partial charge in [-0.1, -0.05) is 11.6 Å². The van der Waals surface area contributed by atoms with E-state index < -0.39 is 0 Å². The van der Waals surface area contributed by atoms with Crippen LogP contribution in [-0.4, -0.2) is 25.9 Å². The highest BCUT2D eigenvalue weighted by Crippen LogP contribution is 2.52. The van der Waals surface area contributed by atoms with E-state index in [2.05, 4.69) is 25.0 Å². The molecule has 0 radical (unpaired) electrons. The van der Waals surface area contributed by atoms with E-state index in [1.54, 1.807) is 6.20 Å². The van der Waals surface area contributed by atoms with E-state index in [0.29, 0.717) is 22.2 Å². The molecule has 6 nitrogen and oxygen atoms in total. The Morgan fingerprint density at radius 2 is 2.03 bits per heavy atom. The quantitative estimate of drug-likeness (QED) is 0.359. The topological polar surface area (TPSA) is 75.9 Å². The summed E-state index contributed by atoms with van der Waals surface area (Å²) in [7, 11) is 0. The molecule has 3 aromatic heterocycles. The fourth-order valence-corrected chi connectivity index (χ4v) is 5.32. The average Bonchev–Trinajstić information content (AvgIpc) is 3.37. The highest BCUT2D eigenvalue weighted by molar-refractivity contribution is 7.99. The number of carbonyl (C=O) groups is 1. The summed E-state index contributed by atoms with van der Waals surface area (Å²) in [6.45, 7) is 9.40. The number of Topliss-reactive ketones (excluding diaryl/α,β-unsaturated/α-hetero) is 1. The van der Waals surface area contributed by atoms with Gasteiger partial charge in [-0.25, -0.2) is 9.83 Å². The van der Waals surface area contributed by atoms with Gasteiger partial charge in [0.25, 0.3) is 0 Å². The first-order valence-corrected chi connectivity index (χ1v) is 10.8. The van der Waals surface area contributed by atoms with Crippen LogP contribution >= 0.6 is 34.7 Å². The van der Waals surface area contributed by atoms with Crippen molar-refractivity contribution in [2.45, 2.75) is 23.1 Å². The zero-order valence-corrected chi connectivity index (χ0v) is 18.1. The Morgan fingerprint density at radius 1 is 1.23 bits per heavy atom. The number of hydrogen-bond donors (Lipinski definition) is 1. The Balaban J connectivity index is 1.85. The van der Waals surface area contributed by atoms with Crippen molar-refractivity contribution in [2.24, 2.45) is 0 Å². The molecule has 0 saturated carbocycles. The Kier molecular flexibility index (Phi) is 5.95. The fourth-order valence-electron chi connectivity index (χ4n) is 2.86. The van der Waals surface area contributed by atoms with Crippen molar-refractivity contribution in [1.82, 2.24) is 20.2 Å². The van der Waals surface area contributed by atoms with Crippen molar-refractivity contribution in [2.75, 3.05) is 0 Å². The Bertz CT molecular complexity index is 1240. The summed E-state index contributed by atoms with van der Waals surface area (Å²) in [6.07, 6.45) is 3.37. The zero-order valence-electron chi connectivity index (χ0n) is 15.7. The predicted molar refractivity (Wildman–Crippen MR) is 119 cm³/mol. The second kappa shape index (κ2) is 8.79. The fraction of sp³-hybridized carbons (Fsp3) is 0.0952. The van der Waals surface area contributed by atoms with Crippen molar-refractivity contribution in [3.05, 3.63) is 71.1 Å². The largest absolute Gasteiger partial charge is 0.300 e. The number of pyridine rings is 1. The molecular weight excluding hydrogens is 438 g/mol. The number of benzene rings is 1. The van der Waals surface area contributed by atoms with Crippen LogP contribution in [0, 0.1) is 6.57 Å². The van der Waals surface area contributed by atoms with Crippen LogP contribution in [0.2, 0.25) is 5.02 Å². The van der Waals surface area contributed by atoms with Crippen LogP contribution in [0.15, 0.2) is 58.7 Å². The average molecular weight is 452 g/mol. The van der Waals surface area contributed by atoms with Gasteiger partial charge >= 0.3 is 0 Å². The lowest BCUT2D eigenvalue weighted by Gasteiger charge is -2.04. The van der Waals surface area contributed by atoms with Crippen LogP contribution in [0.1, 0.15) is 12.6 Å². The first-order valence-electron chi connectivity index (χ1n) is 8.83. The normalized spacial score (nSPS) is 10.7. The van der Waals surface area contributed by atoms with Crippen molar-refractivity contribution < 1.29 is 4.79 Å². The van der Waals surface area contributed by atoms with Gasteiger partial charge in [0.1, 0.15) is 12.1 Å². The number of aromatic nitrogens is 4. The van der Waals surface area contributed by atoms with Gasteiger partial charge < -0.3 is 0 Å². The molecule has 4 rings (SSSR count). The van der Waals surface area contributed by atoms with Gasteiger partial charge in [-0.15, -0.1) is 23.1 Å². The van der Waals surface area contributed by atoms with Gasteiger partial charge in [0.05, 0.1) is 11.4 Å². The minimum atomic E-state index is 0.0394. The molecule has 4 aromatic rings. The molecule has 1 N–H and O–H groups in total. The van der Waals surface area contributed by atoms with E-state index in [1.807, 2.05) is 36.4 Å². The van der Waals surface area contributed by atoms with Gasteiger partial charge in [0, 0.05) is 38.0 Å². The summed E-state index contributed by atoms with van der Waals surface area (Å²) in [6, 6.07) is 11.2. The molecule has 1 aromatic carbocycles. The lowest BCUT2D eigenvalue weighted by atomic mass is 10.1. The maximum absolute atomic E-state index is 11.5. The van der Waals surface area contributed by atoms with Gasteiger partial charge in [-0.05, 0) is 48.9 Å². The van der Waals surface area contributed by atoms with Crippen molar-refractivity contribution in [1.29, 1.82) is 0 Å². The van der Waals surface area contributed by atoms with Gasteiger partial charge in [0.15, 0.2) is 5.82 Å². The Morgan fingerprint density at radius 3 is 2.70 bits per heavy atom. The van der Waals surface area contributed by atoms with Crippen LogP contribution < -0.4 is 0 Å². The molecule has 0 amide bonds. The molecule has 0 aliphatic carbocycles. The molecule has 0 aliphatic rings. The smallest absolute Gasteiger partial charge is 0.219 e. The molecule has 0 spiro atoms. The van der Waals surface area contributed by atoms with Gasteiger partial charge in [-0.3, -0.25) is 14.9 Å². The Hall–Kier alpha value is -2.99. The third-order valence-corrected chi connectivity index (χ3v) is 6.85. The number of carbonyl (C=O) groups excluding carboxylic acids is 1. The van der Waals surface area contributed by atoms with Crippen LogP contribution in [0.5, 0.6) is 0 Å². The van der Waals surface area contributed by atoms with Crippen molar-refractivity contribution in [3.8, 4) is 21.1 Å². The highest BCUT2D eigenvalue weighted by atomic mass is 35.5. The second-order valence-corrected chi connectivity index (χ2v) is 8.90. The minimum absolute atomic E-state index is 0.0394. The molecule has 30 heavy (non-hydrogen) atoms. The summed E-state index contributed by atoms with van der Waals surface area (Å²) in [4.78, 5) is 27.3. The number of thiophene rings is 1. The Labute approximate surface area is 186 Å². The minimum Gasteiger partial charge on any atom is -0.300 e. The van der Waals surface area contributed by atoms with Crippen molar-refractivity contribution >= 4 is 46.2 Å². The SMILES string of the molecule is [C-]#[N+]c1c(-c2ccnc(CC(C)=O)c2)sc(-c2ncn[nH]2)c1Sc1ccc(Cl)cc1. The molecule has 9 heteroatoms. The summed E-state index contributed by atoms with van der Waals surface area (Å²) >= 11 is 8.96. The van der Waals surface area contributed by atoms with Crippen LogP contribution in [0.25, 0.3) is 26.0 Å². The number of rotatable bonds is 6.